The molecular weight excluding hydrogens is 208 g/mol. The highest BCUT2D eigenvalue weighted by Crippen LogP contribution is 2.15. The molecule has 0 saturated carbocycles. The molecule has 0 amide bonds. The van der Waals surface area contributed by atoms with Gasteiger partial charge < -0.3 is 9.47 Å². The van der Waals surface area contributed by atoms with Crippen molar-refractivity contribution >= 4 is 11.8 Å². The molecule has 0 radical (unpaired) electrons. The van der Waals surface area contributed by atoms with Crippen LogP contribution in [-0.4, -0.2) is 36.2 Å². The van der Waals surface area contributed by atoms with E-state index in [0.717, 1.165) is 11.8 Å². The third-order valence-electron chi connectivity index (χ3n) is 2.20. The van der Waals surface area contributed by atoms with Gasteiger partial charge in [0.1, 0.15) is 12.4 Å². The summed E-state index contributed by atoms with van der Waals surface area (Å²) in [5.74, 6) is 0.699. The lowest BCUT2D eigenvalue weighted by Crippen LogP contribution is -2.04. The lowest BCUT2D eigenvalue weighted by atomic mass is 10.3. The normalized spacial score (nSPS) is 10.6. The Bertz CT molecular complexity index is 493. The minimum atomic E-state index is 0.490. The second-order valence-electron chi connectivity index (χ2n) is 3.25. The molecule has 0 spiro atoms. The molecule has 2 heterocycles. The lowest BCUT2D eigenvalue weighted by Gasteiger charge is -2.05. The zero-order valence-corrected chi connectivity index (χ0v) is 8.92. The van der Waals surface area contributed by atoms with Gasteiger partial charge in [0.15, 0.2) is 6.29 Å². The van der Waals surface area contributed by atoms with Crippen LogP contribution in [0.25, 0.3) is 5.52 Å². The summed E-state index contributed by atoms with van der Waals surface area (Å²) in [5.41, 5.74) is 1.34. The highest BCUT2D eigenvalue weighted by atomic mass is 16.5. The summed E-state index contributed by atoms with van der Waals surface area (Å²) in [6.07, 6.45) is 4.05. The minimum absolute atomic E-state index is 0.490. The third kappa shape index (κ3) is 2.04. The Morgan fingerprint density at radius 2 is 2.31 bits per heavy atom. The molecule has 0 saturated heterocycles. The molecule has 0 N–H and O–H groups in total. The maximum Gasteiger partial charge on any atom is 0.153 e. The smallest absolute Gasteiger partial charge is 0.153 e. The van der Waals surface area contributed by atoms with Gasteiger partial charge in [-0.25, -0.2) is 4.52 Å². The van der Waals surface area contributed by atoms with E-state index in [1.807, 2.05) is 0 Å². The van der Waals surface area contributed by atoms with Crippen LogP contribution in [0.15, 0.2) is 24.5 Å². The van der Waals surface area contributed by atoms with E-state index in [4.69, 9.17) is 9.47 Å². The van der Waals surface area contributed by atoms with E-state index in [-0.39, 0.29) is 0 Å². The number of hydrogen-bond acceptors (Lipinski definition) is 4. The van der Waals surface area contributed by atoms with E-state index < -0.39 is 0 Å². The van der Waals surface area contributed by atoms with Gasteiger partial charge in [-0.15, -0.1) is 0 Å². The molecule has 0 aliphatic carbocycles. The average molecular weight is 220 g/mol. The molecule has 0 bridgehead atoms. The number of pyridine rings is 1. The van der Waals surface area contributed by atoms with Crippen LogP contribution >= 0.6 is 0 Å². The third-order valence-corrected chi connectivity index (χ3v) is 2.20. The standard InChI is InChI=1S/C11H12N2O3/c1-15-4-5-16-10-2-3-11-9(8-14)6-12-13(11)7-10/h2-3,6-8H,4-5H2,1H3. The summed E-state index contributed by atoms with van der Waals surface area (Å²) < 4.78 is 11.9. The van der Waals surface area contributed by atoms with Gasteiger partial charge in [0.25, 0.3) is 0 Å². The predicted octanol–water partition coefficient (Wildman–Crippen LogP) is 1.17. The Morgan fingerprint density at radius 1 is 1.44 bits per heavy atom. The molecular formula is C11H12N2O3. The van der Waals surface area contributed by atoms with E-state index in [1.165, 1.54) is 6.20 Å². The summed E-state index contributed by atoms with van der Waals surface area (Å²) in [4.78, 5) is 10.7. The zero-order chi connectivity index (χ0) is 11.4. The van der Waals surface area contributed by atoms with Gasteiger partial charge in [0, 0.05) is 7.11 Å². The molecule has 2 aromatic rings. The van der Waals surface area contributed by atoms with Crippen molar-refractivity contribution in [3.63, 3.8) is 0 Å². The molecule has 2 aromatic heterocycles. The fourth-order valence-corrected chi connectivity index (χ4v) is 1.40. The highest BCUT2D eigenvalue weighted by molar-refractivity contribution is 5.85. The van der Waals surface area contributed by atoms with Crippen molar-refractivity contribution in [1.29, 1.82) is 0 Å². The number of ether oxygens (including phenoxy) is 2. The average Bonchev–Trinajstić information content (AvgIpc) is 2.71. The fraction of sp³-hybridized carbons (Fsp3) is 0.273. The van der Waals surface area contributed by atoms with Crippen LogP contribution in [0.1, 0.15) is 10.4 Å². The molecule has 0 fully saturated rings. The molecule has 5 nitrogen and oxygen atoms in total. The molecule has 0 aromatic carbocycles. The number of methoxy groups -OCH3 is 1. The van der Waals surface area contributed by atoms with Crippen molar-refractivity contribution in [3.8, 4) is 5.75 Å². The Kier molecular flexibility index (Phi) is 3.16. The molecule has 2 rings (SSSR count). The van der Waals surface area contributed by atoms with E-state index in [2.05, 4.69) is 5.10 Å². The number of aldehydes is 1. The van der Waals surface area contributed by atoms with Gasteiger partial charge in [-0.1, -0.05) is 0 Å². The first-order chi connectivity index (χ1) is 7.85. The number of nitrogens with zero attached hydrogens (tertiary/aromatic N) is 2. The number of fused-ring (bicyclic) bond motifs is 1. The van der Waals surface area contributed by atoms with Crippen molar-refractivity contribution in [2.24, 2.45) is 0 Å². The monoisotopic (exact) mass is 220 g/mol. The minimum Gasteiger partial charge on any atom is -0.490 e. The maximum atomic E-state index is 10.7. The van der Waals surface area contributed by atoms with Crippen molar-refractivity contribution in [3.05, 3.63) is 30.1 Å². The molecule has 0 atom stereocenters. The first kappa shape index (κ1) is 10.6. The van der Waals surface area contributed by atoms with Gasteiger partial charge in [-0.2, -0.15) is 5.10 Å². The van der Waals surface area contributed by atoms with Crippen LogP contribution in [0.2, 0.25) is 0 Å². The van der Waals surface area contributed by atoms with Crippen LogP contribution < -0.4 is 4.74 Å². The van der Waals surface area contributed by atoms with Crippen LogP contribution in [0.4, 0.5) is 0 Å². The number of hydrogen-bond donors (Lipinski definition) is 0. The van der Waals surface area contributed by atoms with Crippen LogP contribution in [0.5, 0.6) is 5.75 Å². The van der Waals surface area contributed by atoms with Crippen LogP contribution in [0, 0.1) is 0 Å². The topological polar surface area (TPSA) is 52.8 Å². The molecule has 0 aliphatic rings. The molecule has 0 unspecified atom stereocenters. The van der Waals surface area contributed by atoms with E-state index in [9.17, 15) is 4.79 Å². The first-order valence-corrected chi connectivity index (χ1v) is 4.89. The quantitative estimate of drug-likeness (QED) is 0.560. The summed E-state index contributed by atoms with van der Waals surface area (Å²) in [5, 5.41) is 4.05. The van der Waals surface area contributed by atoms with Gasteiger partial charge in [-0.3, -0.25) is 4.79 Å². The SMILES string of the molecule is COCCOc1ccc2c(C=O)cnn2c1. The van der Waals surface area contributed by atoms with Crippen molar-refractivity contribution in [2.75, 3.05) is 20.3 Å². The Labute approximate surface area is 92.6 Å². The number of carbonyl (C=O) groups is 1. The number of carbonyl (C=O) groups excluding carboxylic acids is 1. The van der Waals surface area contributed by atoms with Crippen molar-refractivity contribution in [2.45, 2.75) is 0 Å². The molecule has 0 aliphatic heterocycles. The van der Waals surface area contributed by atoms with Crippen LogP contribution in [0.3, 0.4) is 0 Å². The van der Waals surface area contributed by atoms with Gasteiger partial charge in [0.05, 0.1) is 30.1 Å². The number of rotatable bonds is 5. The number of aromatic nitrogens is 2. The van der Waals surface area contributed by atoms with Crippen molar-refractivity contribution in [1.82, 2.24) is 9.61 Å². The van der Waals surface area contributed by atoms with Gasteiger partial charge in [0.2, 0.25) is 0 Å². The molecule has 84 valence electrons. The Balaban J connectivity index is 2.20. The van der Waals surface area contributed by atoms with E-state index in [1.54, 1.807) is 30.0 Å². The van der Waals surface area contributed by atoms with Gasteiger partial charge in [-0.05, 0) is 12.1 Å². The maximum absolute atomic E-state index is 10.7. The highest BCUT2D eigenvalue weighted by Gasteiger charge is 2.03. The second kappa shape index (κ2) is 4.76. The van der Waals surface area contributed by atoms with Gasteiger partial charge >= 0.3 is 0 Å². The van der Waals surface area contributed by atoms with E-state index >= 15 is 0 Å². The summed E-state index contributed by atoms with van der Waals surface area (Å²) >= 11 is 0. The predicted molar refractivity (Wildman–Crippen MR) is 58.0 cm³/mol. The second-order valence-corrected chi connectivity index (χ2v) is 3.25. The molecule has 5 heteroatoms. The van der Waals surface area contributed by atoms with E-state index in [0.29, 0.717) is 24.5 Å². The Hall–Kier alpha value is -1.88. The molecule has 16 heavy (non-hydrogen) atoms. The summed E-state index contributed by atoms with van der Waals surface area (Å²) in [6.45, 7) is 1.03. The summed E-state index contributed by atoms with van der Waals surface area (Å²) in [7, 11) is 1.62. The zero-order valence-electron chi connectivity index (χ0n) is 8.92. The summed E-state index contributed by atoms with van der Waals surface area (Å²) in [6, 6.07) is 3.61. The largest absolute Gasteiger partial charge is 0.490 e. The van der Waals surface area contributed by atoms with Crippen LogP contribution in [-0.2, 0) is 4.74 Å². The van der Waals surface area contributed by atoms with Crippen molar-refractivity contribution < 1.29 is 14.3 Å². The lowest BCUT2D eigenvalue weighted by molar-refractivity contribution is 0.112. The fourth-order valence-electron chi connectivity index (χ4n) is 1.40. The Morgan fingerprint density at radius 3 is 3.06 bits per heavy atom. The first-order valence-electron chi connectivity index (χ1n) is 4.89.